The van der Waals surface area contributed by atoms with Gasteiger partial charge >= 0.3 is 86.8 Å². The van der Waals surface area contributed by atoms with Crippen molar-refractivity contribution in [2.24, 2.45) is 0 Å². The van der Waals surface area contributed by atoms with E-state index in [0.717, 1.165) is 55.0 Å². The first-order chi connectivity index (χ1) is 23.5. The normalized spacial score (nSPS) is 10.6. The number of nitrogens with zero attached hydrogens (tertiary/aromatic N) is 7. The fourth-order valence-corrected chi connectivity index (χ4v) is 5.62. The first-order valence-electron chi connectivity index (χ1n) is 14.4. The molecule has 13 nitrogen and oxygen atoms in total. The third-order valence-corrected chi connectivity index (χ3v) is 7.49. The summed E-state index contributed by atoms with van der Waals surface area (Å²) in [6.07, 6.45) is 0.604. The largest absolute Gasteiger partial charge is 2.00 e. The molecule has 5 heterocycles. The molecule has 0 saturated heterocycles. The molecular formula is C35H23CuN7Na2O6S2. The van der Waals surface area contributed by atoms with E-state index in [9.17, 15) is 0 Å². The van der Waals surface area contributed by atoms with Crippen LogP contribution in [-0.2, 0) is 37.8 Å². The van der Waals surface area contributed by atoms with E-state index >= 15 is 0 Å². The van der Waals surface area contributed by atoms with E-state index in [1.807, 2.05) is 91.0 Å². The summed E-state index contributed by atoms with van der Waals surface area (Å²) in [7, 11) is -7.03. The van der Waals surface area contributed by atoms with Crippen molar-refractivity contribution in [3.8, 4) is 45.4 Å². The van der Waals surface area contributed by atoms with Crippen LogP contribution in [0.3, 0.4) is 0 Å². The maximum Gasteiger partial charge on any atom is 2.00 e. The average Bonchev–Trinajstić information content (AvgIpc) is 3.79. The molecule has 9 rings (SSSR count). The van der Waals surface area contributed by atoms with E-state index in [4.69, 9.17) is 60.5 Å². The summed E-state index contributed by atoms with van der Waals surface area (Å²) in [5.74, 6) is 1.76. The molecule has 4 aromatic carbocycles. The standard InChI is InChI=1S/C33H17N7.CH4O3S.CH3.Cu.2Na.O3S/c1-3-11-20-18(9-1)26-17-27-19-10-2-4-12-21(19)29(35-27)37-31-23-14-6-8-16-25(23)33(39-31)40-32-24-15-7-5-13-22(24)30(38-32)36-28(20)34-26;1-5(2,3)4;;;;;1-4(2)3/h1-17H;1H3,(H,2,3,4);1H3;;;;/q-2;;-1;+2;2*+1;/p-1. The minimum absolute atomic E-state index is 0. The van der Waals surface area contributed by atoms with Crippen molar-refractivity contribution in [2.45, 2.75) is 0 Å². The van der Waals surface area contributed by atoms with Gasteiger partial charge in [-0.1, -0.05) is 97.1 Å². The summed E-state index contributed by atoms with van der Waals surface area (Å²) in [6, 6.07) is 34.3. The Bertz CT molecular complexity index is 2540. The molecule has 53 heavy (non-hydrogen) atoms. The molecule has 0 N–H and O–H groups in total. The van der Waals surface area contributed by atoms with Gasteiger partial charge < -0.3 is 36.9 Å². The predicted octanol–water partition coefficient (Wildman–Crippen LogP) is -0.655. The molecular weight excluding hydrogens is 788 g/mol. The molecule has 0 fully saturated rings. The Hall–Kier alpha value is -3.64. The van der Waals surface area contributed by atoms with Gasteiger partial charge in [0.1, 0.15) is 0 Å². The maximum absolute atomic E-state index is 9.08. The maximum atomic E-state index is 9.08. The summed E-state index contributed by atoms with van der Waals surface area (Å²) in [6.45, 7) is 0. The second-order valence-corrected chi connectivity index (χ2v) is 12.5. The van der Waals surface area contributed by atoms with Gasteiger partial charge in [-0.15, -0.1) is 12.6 Å². The van der Waals surface area contributed by atoms with Crippen molar-refractivity contribution < 1.29 is 102 Å². The van der Waals surface area contributed by atoms with Crippen molar-refractivity contribution in [1.29, 1.82) is 0 Å². The Kier molecular flexibility index (Phi) is 15.0. The molecule has 0 spiro atoms. The average molecular weight is 811 g/mol. The second kappa shape index (κ2) is 18.1. The van der Waals surface area contributed by atoms with Crippen LogP contribution in [0.4, 0.5) is 0 Å². The summed E-state index contributed by atoms with van der Waals surface area (Å²) < 4.78 is 52.6. The van der Waals surface area contributed by atoms with Crippen LogP contribution < -0.4 is 69.1 Å². The minimum atomic E-state index is -3.92. The number of rotatable bonds is 0. The van der Waals surface area contributed by atoms with Crippen molar-refractivity contribution in [3.63, 3.8) is 0 Å². The van der Waals surface area contributed by atoms with Crippen LogP contribution in [0.25, 0.3) is 89.4 Å². The molecule has 1 radical (unpaired) electrons. The molecule has 0 amide bonds. The molecule has 0 saturated carbocycles. The Morgan fingerprint density at radius 2 is 0.868 bits per heavy atom. The molecule has 2 aliphatic heterocycles. The molecule has 0 atom stereocenters. The Balaban J connectivity index is 0.000000528. The van der Waals surface area contributed by atoms with E-state index in [2.05, 4.69) is 12.1 Å². The van der Waals surface area contributed by atoms with Gasteiger partial charge in [-0.05, 0) is 38.8 Å². The third kappa shape index (κ3) is 9.54. The quantitative estimate of drug-likeness (QED) is 0.106. The van der Waals surface area contributed by atoms with Crippen molar-refractivity contribution in [1.82, 2.24) is 34.9 Å². The fourth-order valence-electron chi connectivity index (χ4n) is 5.62. The fraction of sp³-hybridized carbons (Fsp3) is 0.0286. The van der Waals surface area contributed by atoms with Gasteiger partial charge in [-0.2, -0.15) is 0 Å². The van der Waals surface area contributed by atoms with Crippen LogP contribution >= 0.6 is 0 Å². The molecule has 0 unspecified atom stereocenters. The topological polar surface area (TPSA) is 201 Å². The smallest absolute Gasteiger partial charge is 0.748 e. The van der Waals surface area contributed by atoms with Gasteiger partial charge in [0.15, 0.2) is 0 Å². The van der Waals surface area contributed by atoms with Crippen molar-refractivity contribution >= 4 is 64.7 Å². The molecule has 8 bridgehead atoms. The summed E-state index contributed by atoms with van der Waals surface area (Å²) in [4.78, 5) is 34.7. The minimum Gasteiger partial charge on any atom is -0.748 e. The number of aromatic nitrogens is 7. The van der Waals surface area contributed by atoms with Gasteiger partial charge in [0.2, 0.25) is 0 Å². The SMILES string of the molecule is CS(=O)(=O)[O-].O=S(=O)=O.[CH3-].[Cu+2].[Na+].[Na+].c1ccc2c(c1)-c1cc3[n-]c(nc4nc(nc5[n-]c(nc-2n1)c1ccccc51)-c1ccccc1-4)c1ccccc31. The summed E-state index contributed by atoms with van der Waals surface area (Å²) in [5, 5.41) is 3.78. The molecule has 18 heteroatoms. The van der Waals surface area contributed by atoms with Crippen molar-refractivity contribution in [2.75, 3.05) is 6.26 Å². The van der Waals surface area contributed by atoms with Crippen molar-refractivity contribution in [3.05, 3.63) is 111 Å². The number of fused-ring (bicyclic) bond motifs is 20. The van der Waals surface area contributed by atoms with Gasteiger partial charge in [0.05, 0.1) is 33.3 Å². The van der Waals surface area contributed by atoms with Crippen LogP contribution in [0.15, 0.2) is 103 Å². The Morgan fingerprint density at radius 1 is 0.547 bits per heavy atom. The third-order valence-electron chi connectivity index (χ3n) is 7.49. The Labute approximate surface area is 360 Å². The van der Waals surface area contributed by atoms with Gasteiger partial charge in [-0.3, -0.25) is 0 Å². The molecule has 3 aromatic heterocycles. The van der Waals surface area contributed by atoms with Crippen LogP contribution in [0, 0.1) is 7.43 Å². The number of hydrogen-bond acceptors (Lipinski definition) is 11. The monoisotopic (exact) mass is 810 g/mol. The molecule has 259 valence electrons. The first kappa shape index (κ1) is 43.8. The molecule has 7 aromatic rings. The number of hydrogen-bond donors (Lipinski definition) is 0. The Morgan fingerprint density at radius 3 is 1.32 bits per heavy atom. The summed E-state index contributed by atoms with van der Waals surface area (Å²) >= 11 is 0. The number of benzene rings is 4. The summed E-state index contributed by atoms with van der Waals surface area (Å²) in [5.41, 5.74) is 7.15. The zero-order chi connectivity index (χ0) is 34.3. The zero-order valence-electron chi connectivity index (χ0n) is 28.5. The molecule has 2 aliphatic rings. The first-order valence-corrected chi connectivity index (χ1v) is 17.2. The van der Waals surface area contributed by atoms with E-state index in [1.54, 1.807) is 0 Å². The van der Waals surface area contributed by atoms with E-state index in [1.165, 1.54) is 0 Å². The van der Waals surface area contributed by atoms with Gasteiger partial charge in [0, 0.05) is 39.8 Å². The van der Waals surface area contributed by atoms with E-state index in [-0.39, 0.29) is 83.6 Å². The zero-order valence-corrected chi connectivity index (χ0v) is 35.1. The van der Waals surface area contributed by atoms with E-state index in [0.29, 0.717) is 40.7 Å². The van der Waals surface area contributed by atoms with Crippen LogP contribution in [-0.4, -0.2) is 56.8 Å². The van der Waals surface area contributed by atoms with Gasteiger partial charge in [0.25, 0.3) is 0 Å². The predicted molar refractivity (Wildman–Crippen MR) is 188 cm³/mol. The van der Waals surface area contributed by atoms with Crippen LogP contribution in [0.5, 0.6) is 0 Å². The van der Waals surface area contributed by atoms with Gasteiger partial charge in [-0.25, -0.2) is 18.4 Å². The molecule has 0 aliphatic carbocycles. The van der Waals surface area contributed by atoms with Crippen LogP contribution in [0.2, 0.25) is 0 Å². The second-order valence-electron chi connectivity index (χ2n) is 10.7. The van der Waals surface area contributed by atoms with E-state index < -0.39 is 20.7 Å². The van der Waals surface area contributed by atoms with Crippen LogP contribution in [0.1, 0.15) is 0 Å².